The predicted molar refractivity (Wildman–Crippen MR) is 49.1 cm³/mol. The Labute approximate surface area is 72.9 Å². The summed E-state index contributed by atoms with van der Waals surface area (Å²) < 4.78 is 6.16. The highest BCUT2D eigenvalue weighted by molar-refractivity contribution is 8.00. The first-order valence-corrected chi connectivity index (χ1v) is 5.62. The Kier molecular flexibility index (Phi) is 2.42. The van der Waals surface area contributed by atoms with Crippen molar-refractivity contribution < 1.29 is 4.74 Å². The number of hydrogen-bond donors (Lipinski definition) is 0. The second-order valence-corrected chi connectivity index (χ2v) is 5.21. The minimum atomic E-state index is 0.552. The van der Waals surface area contributed by atoms with Gasteiger partial charge in [-0.1, -0.05) is 12.8 Å². The van der Waals surface area contributed by atoms with Crippen LogP contribution in [0.15, 0.2) is 0 Å². The van der Waals surface area contributed by atoms with E-state index in [9.17, 15) is 0 Å². The highest BCUT2D eigenvalue weighted by atomic mass is 32.2. The first-order valence-electron chi connectivity index (χ1n) is 4.63. The smallest absolute Gasteiger partial charge is 0.0613 e. The quantitative estimate of drug-likeness (QED) is 0.555. The van der Waals surface area contributed by atoms with E-state index in [1.165, 1.54) is 37.9 Å². The van der Waals surface area contributed by atoms with Crippen LogP contribution in [0.1, 0.15) is 32.1 Å². The molecule has 0 unspecified atom stereocenters. The maximum absolute atomic E-state index is 5.61. The van der Waals surface area contributed by atoms with E-state index in [2.05, 4.69) is 11.8 Å². The number of thioether (sulfide) groups is 1. The van der Waals surface area contributed by atoms with Crippen LogP contribution in [0.2, 0.25) is 0 Å². The summed E-state index contributed by atoms with van der Waals surface area (Å²) in [5.74, 6) is 1.32. The molecule has 2 fully saturated rings. The zero-order valence-electron chi connectivity index (χ0n) is 6.97. The van der Waals surface area contributed by atoms with Gasteiger partial charge in [0, 0.05) is 11.4 Å². The lowest BCUT2D eigenvalue weighted by Gasteiger charge is -2.25. The fourth-order valence-electron chi connectivity index (χ4n) is 2.06. The molecular formula is C9H16OS. The molecule has 1 aliphatic heterocycles. The van der Waals surface area contributed by atoms with E-state index in [-0.39, 0.29) is 0 Å². The lowest BCUT2D eigenvalue weighted by atomic mass is 10.1. The first-order chi connectivity index (χ1) is 5.41. The van der Waals surface area contributed by atoms with Gasteiger partial charge in [-0.2, -0.15) is 11.8 Å². The molecule has 2 rings (SSSR count). The predicted octanol–water partition coefficient (Wildman–Crippen LogP) is 2.45. The molecule has 2 aliphatic rings. The van der Waals surface area contributed by atoms with Crippen molar-refractivity contribution in [3.05, 3.63) is 0 Å². The van der Waals surface area contributed by atoms with Crippen molar-refractivity contribution in [1.82, 2.24) is 0 Å². The highest BCUT2D eigenvalue weighted by Crippen LogP contribution is 2.43. The van der Waals surface area contributed by atoms with E-state index in [0.717, 1.165) is 13.2 Å². The van der Waals surface area contributed by atoms with Crippen molar-refractivity contribution in [1.29, 1.82) is 0 Å². The van der Waals surface area contributed by atoms with Crippen LogP contribution in [0.4, 0.5) is 0 Å². The van der Waals surface area contributed by atoms with E-state index >= 15 is 0 Å². The van der Waals surface area contributed by atoms with Crippen molar-refractivity contribution in [3.63, 3.8) is 0 Å². The largest absolute Gasteiger partial charge is 0.380 e. The standard InChI is InChI=1S/C9H16OS/c1-2-5-9(4-1)8-10-6-3-7-11-9/h1-8H2. The summed E-state index contributed by atoms with van der Waals surface area (Å²) in [5.41, 5.74) is 0. The van der Waals surface area contributed by atoms with Crippen LogP contribution in [0.3, 0.4) is 0 Å². The third-order valence-electron chi connectivity index (χ3n) is 2.72. The molecule has 0 amide bonds. The molecule has 2 heteroatoms. The minimum absolute atomic E-state index is 0.552. The zero-order chi connectivity index (χ0) is 7.57. The number of rotatable bonds is 0. The molecule has 1 aliphatic carbocycles. The van der Waals surface area contributed by atoms with Crippen LogP contribution in [-0.2, 0) is 4.74 Å². The van der Waals surface area contributed by atoms with E-state index < -0.39 is 0 Å². The third-order valence-corrected chi connectivity index (χ3v) is 4.35. The average Bonchev–Trinajstić information content (AvgIpc) is 2.32. The Bertz CT molecular complexity index is 120. The van der Waals surface area contributed by atoms with Gasteiger partial charge in [-0.15, -0.1) is 0 Å². The molecule has 0 radical (unpaired) electrons. The molecule has 0 bridgehead atoms. The second kappa shape index (κ2) is 3.36. The molecule has 1 heterocycles. The summed E-state index contributed by atoms with van der Waals surface area (Å²) in [4.78, 5) is 0. The van der Waals surface area contributed by atoms with Gasteiger partial charge in [-0.3, -0.25) is 0 Å². The Morgan fingerprint density at radius 2 is 1.91 bits per heavy atom. The number of ether oxygens (including phenoxy) is 1. The first kappa shape index (κ1) is 7.93. The van der Waals surface area contributed by atoms with Crippen LogP contribution in [0, 0.1) is 0 Å². The molecule has 0 aromatic heterocycles. The minimum Gasteiger partial charge on any atom is -0.380 e. The van der Waals surface area contributed by atoms with Crippen molar-refractivity contribution in [2.24, 2.45) is 0 Å². The van der Waals surface area contributed by atoms with Crippen LogP contribution in [0.25, 0.3) is 0 Å². The molecule has 0 N–H and O–H groups in total. The van der Waals surface area contributed by atoms with E-state index in [4.69, 9.17) is 4.74 Å². The third kappa shape index (κ3) is 1.73. The fourth-order valence-corrected chi connectivity index (χ4v) is 3.50. The molecule has 11 heavy (non-hydrogen) atoms. The second-order valence-electron chi connectivity index (χ2n) is 3.64. The van der Waals surface area contributed by atoms with Crippen molar-refractivity contribution in [2.75, 3.05) is 19.0 Å². The lowest BCUT2D eigenvalue weighted by molar-refractivity contribution is 0.118. The van der Waals surface area contributed by atoms with Crippen molar-refractivity contribution in [3.8, 4) is 0 Å². The summed E-state index contributed by atoms with van der Waals surface area (Å²) in [6.07, 6.45) is 6.91. The normalized spacial score (nSPS) is 30.5. The fraction of sp³-hybridized carbons (Fsp3) is 1.00. The van der Waals surface area contributed by atoms with Crippen molar-refractivity contribution >= 4 is 11.8 Å². The van der Waals surface area contributed by atoms with Gasteiger partial charge in [0.05, 0.1) is 6.61 Å². The van der Waals surface area contributed by atoms with Gasteiger partial charge in [-0.25, -0.2) is 0 Å². The van der Waals surface area contributed by atoms with E-state index in [1.54, 1.807) is 0 Å². The Morgan fingerprint density at radius 3 is 2.73 bits per heavy atom. The van der Waals surface area contributed by atoms with Gasteiger partial charge in [0.25, 0.3) is 0 Å². The topological polar surface area (TPSA) is 9.23 Å². The van der Waals surface area contributed by atoms with Gasteiger partial charge in [0.15, 0.2) is 0 Å². The monoisotopic (exact) mass is 172 g/mol. The Morgan fingerprint density at radius 1 is 1.09 bits per heavy atom. The molecule has 0 aromatic carbocycles. The molecule has 0 atom stereocenters. The maximum Gasteiger partial charge on any atom is 0.0613 e. The Hall–Kier alpha value is 0.310. The van der Waals surface area contributed by atoms with Gasteiger partial charge < -0.3 is 4.74 Å². The van der Waals surface area contributed by atoms with E-state index in [0.29, 0.717) is 4.75 Å². The van der Waals surface area contributed by atoms with Gasteiger partial charge in [0.2, 0.25) is 0 Å². The summed E-state index contributed by atoms with van der Waals surface area (Å²) in [6, 6.07) is 0. The summed E-state index contributed by atoms with van der Waals surface area (Å²) in [6.45, 7) is 2.02. The molecule has 1 saturated heterocycles. The number of hydrogen-bond acceptors (Lipinski definition) is 2. The van der Waals surface area contributed by atoms with Gasteiger partial charge >= 0.3 is 0 Å². The summed E-state index contributed by atoms with van der Waals surface area (Å²) in [7, 11) is 0. The molecule has 1 spiro atoms. The Balaban J connectivity index is 1.97. The SMILES string of the molecule is C1COCC2(CCCC2)SC1. The molecule has 0 aromatic rings. The summed E-state index contributed by atoms with van der Waals surface area (Å²) >= 11 is 2.17. The molecular weight excluding hydrogens is 156 g/mol. The summed E-state index contributed by atoms with van der Waals surface area (Å²) in [5, 5.41) is 0. The maximum atomic E-state index is 5.61. The molecule has 1 nitrogen and oxygen atoms in total. The zero-order valence-corrected chi connectivity index (χ0v) is 7.79. The average molecular weight is 172 g/mol. The van der Waals surface area contributed by atoms with Crippen LogP contribution < -0.4 is 0 Å². The van der Waals surface area contributed by atoms with Crippen molar-refractivity contribution in [2.45, 2.75) is 36.9 Å². The van der Waals surface area contributed by atoms with Gasteiger partial charge in [-0.05, 0) is 25.0 Å². The van der Waals surface area contributed by atoms with Crippen LogP contribution >= 0.6 is 11.8 Å². The van der Waals surface area contributed by atoms with E-state index in [1.807, 2.05) is 0 Å². The highest BCUT2D eigenvalue weighted by Gasteiger charge is 2.35. The van der Waals surface area contributed by atoms with Gasteiger partial charge in [0.1, 0.15) is 0 Å². The van der Waals surface area contributed by atoms with Crippen LogP contribution in [-0.4, -0.2) is 23.7 Å². The van der Waals surface area contributed by atoms with Crippen LogP contribution in [0.5, 0.6) is 0 Å². The molecule has 1 saturated carbocycles. The molecule has 64 valence electrons. The lowest BCUT2D eigenvalue weighted by Crippen LogP contribution is -2.25.